The highest BCUT2D eigenvalue weighted by Crippen LogP contribution is 2.26. The molecule has 0 unspecified atom stereocenters. The summed E-state index contributed by atoms with van der Waals surface area (Å²) in [5, 5.41) is 8.77. The molecule has 1 aromatic heterocycles. The Kier molecular flexibility index (Phi) is 5.88. The summed E-state index contributed by atoms with van der Waals surface area (Å²) in [7, 11) is 0. The molecule has 9 heteroatoms. The Morgan fingerprint density at radius 2 is 2.22 bits per heavy atom. The van der Waals surface area contributed by atoms with Gasteiger partial charge in [-0.25, -0.2) is 9.37 Å². The first-order valence-corrected chi connectivity index (χ1v) is 8.95. The molecule has 3 rings (SSSR count). The Hall–Kier alpha value is -2.71. The molecule has 27 heavy (non-hydrogen) atoms. The molecular formula is C18H17ClFN5OS. The molecule has 0 spiro atoms. The van der Waals surface area contributed by atoms with E-state index in [4.69, 9.17) is 29.6 Å². The zero-order valence-corrected chi connectivity index (χ0v) is 15.8. The van der Waals surface area contributed by atoms with Crippen LogP contribution in [0.3, 0.4) is 0 Å². The van der Waals surface area contributed by atoms with E-state index < -0.39 is 5.82 Å². The van der Waals surface area contributed by atoms with E-state index in [9.17, 15) is 9.18 Å². The topological polar surface area (TPSA) is 92.1 Å². The Bertz CT molecular complexity index is 934. The Labute approximate surface area is 166 Å². The molecule has 0 radical (unpaired) electrons. The standard InChI is InChI=1S/C18H17ClFN5OS/c19-16-11(20)2-1-3-13(16)25-18(27)15-12(5-7-23-17(15)26)24-9-10-4-6-22-14(21)8-10/h1-4,6,8,24H,5,7,9H2,(H2,21,22)(H,23,26)(H,25,27). The first-order valence-electron chi connectivity index (χ1n) is 8.16. The number of carbonyl (C=O) groups is 1. The molecule has 0 fully saturated rings. The van der Waals surface area contributed by atoms with E-state index in [-0.39, 0.29) is 15.9 Å². The van der Waals surface area contributed by atoms with E-state index in [1.165, 1.54) is 12.1 Å². The summed E-state index contributed by atoms with van der Waals surface area (Å²) >= 11 is 11.3. The Morgan fingerprint density at radius 3 is 3.00 bits per heavy atom. The number of benzene rings is 1. The lowest BCUT2D eigenvalue weighted by molar-refractivity contribution is -0.117. The maximum atomic E-state index is 13.6. The van der Waals surface area contributed by atoms with Gasteiger partial charge in [0.1, 0.15) is 16.6 Å². The molecule has 0 atom stereocenters. The van der Waals surface area contributed by atoms with Gasteiger partial charge in [-0.1, -0.05) is 29.9 Å². The van der Waals surface area contributed by atoms with Crippen LogP contribution in [0.5, 0.6) is 0 Å². The molecular weight excluding hydrogens is 389 g/mol. The van der Waals surface area contributed by atoms with Crippen molar-refractivity contribution >= 4 is 46.2 Å². The molecule has 0 bridgehead atoms. The van der Waals surface area contributed by atoms with Crippen LogP contribution < -0.4 is 21.7 Å². The minimum absolute atomic E-state index is 0.0848. The number of anilines is 2. The summed E-state index contributed by atoms with van der Waals surface area (Å²) < 4.78 is 13.6. The van der Waals surface area contributed by atoms with Crippen molar-refractivity contribution in [3.63, 3.8) is 0 Å². The Morgan fingerprint density at radius 1 is 1.41 bits per heavy atom. The maximum absolute atomic E-state index is 13.6. The number of halogens is 2. The summed E-state index contributed by atoms with van der Waals surface area (Å²) in [6, 6.07) is 7.92. The van der Waals surface area contributed by atoms with Crippen molar-refractivity contribution in [1.82, 2.24) is 15.6 Å². The van der Waals surface area contributed by atoms with E-state index in [1.807, 2.05) is 6.07 Å². The van der Waals surface area contributed by atoms with Gasteiger partial charge in [0, 0.05) is 31.4 Å². The average Bonchev–Trinajstić information content (AvgIpc) is 2.64. The van der Waals surface area contributed by atoms with E-state index in [2.05, 4.69) is 20.9 Å². The van der Waals surface area contributed by atoms with Crippen LogP contribution in [0.25, 0.3) is 0 Å². The number of hydrogen-bond donors (Lipinski definition) is 4. The minimum Gasteiger partial charge on any atom is -0.384 e. The van der Waals surface area contributed by atoms with Crippen LogP contribution in [-0.4, -0.2) is 22.4 Å². The minimum atomic E-state index is -0.569. The van der Waals surface area contributed by atoms with Gasteiger partial charge < -0.3 is 21.7 Å². The molecule has 5 N–H and O–H groups in total. The number of pyridine rings is 1. The lowest BCUT2D eigenvalue weighted by atomic mass is 10.1. The number of amides is 1. The molecule has 0 saturated heterocycles. The summed E-state index contributed by atoms with van der Waals surface area (Å²) in [6.45, 7) is 0.953. The molecule has 1 aromatic carbocycles. The fourth-order valence-electron chi connectivity index (χ4n) is 2.67. The largest absolute Gasteiger partial charge is 0.384 e. The van der Waals surface area contributed by atoms with Crippen molar-refractivity contribution in [3.8, 4) is 0 Å². The normalized spacial score (nSPS) is 13.9. The van der Waals surface area contributed by atoms with Gasteiger partial charge >= 0.3 is 0 Å². The molecule has 1 amide bonds. The van der Waals surface area contributed by atoms with E-state index in [0.717, 1.165) is 5.56 Å². The zero-order valence-electron chi connectivity index (χ0n) is 14.2. The lowest BCUT2D eigenvalue weighted by Crippen LogP contribution is -2.39. The highest BCUT2D eigenvalue weighted by Gasteiger charge is 2.24. The third kappa shape index (κ3) is 4.53. The monoisotopic (exact) mass is 405 g/mol. The van der Waals surface area contributed by atoms with Gasteiger partial charge in [0.25, 0.3) is 5.91 Å². The van der Waals surface area contributed by atoms with E-state index >= 15 is 0 Å². The fraction of sp³-hybridized carbons (Fsp3) is 0.167. The number of nitrogen functional groups attached to an aromatic ring is 1. The molecule has 2 heterocycles. The number of nitrogens with one attached hydrogen (secondary N) is 3. The predicted molar refractivity (Wildman–Crippen MR) is 108 cm³/mol. The maximum Gasteiger partial charge on any atom is 0.256 e. The molecule has 1 aliphatic rings. The van der Waals surface area contributed by atoms with Crippen LogP contribution in [-0.2, 0) is 11.3 Å². The number of thiocarbonyl (C=S) groups is 1. The zero-order chi connectivity index (χ0) is 19.4. The summed E-state index contributed by atoms with van der Waals surface area (Å²) in [5.74, 6) is -0.453. The number of carbonyl (C=O) groups excluding carboxylic acids is 1. The summed E-state index contributed by atoms with van der Waals surface area (Å²) in [6.07, 6.45) is 2.20. The number of aromatic nitrogens is 1. The van der Waals surface area contributed by atoms with Gasteiger partial charge in [0.15, 0.2) is 0 Å². The van der Waals surface area contributed by atoms with Crippen LogP contribution in [0.4, 0.5) is 15.9 Å². The van der Waals surface area contributed by atoms with Gasteiger partial charge in [-0.05, 0) is 29.8 Å². The molecule has 1 aliphatic heterocycles. The molecule has 0 aliphatic carbocycles. The van der Waals surface area contributed by atoms with Crippen LogP contribution in [0.2, 0.25) is 5.02 Å². The van der Waals surface area contributed by atoms with Gasteiger partial charge in [0.05, 0.1) is 16.3 Å². The summed E-state index contributed by atoms with van der Waals surface area (Å²) in [5.41, 5.74) is 7.91. The predicted octanol–water partition coefficient (Wildman–Crippen LogP) is 2.76. The lowest BCUT2D eigenvalue weighted by Gasteiger charge is -2.23. The SMILES string of the molecule is Nc1cc(CNC2=C(C(=S)Nc3cccc(F)c3Cl)C(=O)NCC2)ccn1. The van der Waals surface area contributed by atoms with Crippen LogP contribution in [0, 0.1) is 5.82 Å². The molecule has 0 saturated carbocycles. The van der Waals surface area contributed by atoms with Gasteiger partial charge in [-0.15, -0.1) is 0 Å². The smallest absolute Gasteiger partial charge is 0.256 e. The van der Waals surface area contributed by atoms with Gasteiger partial charge in [-0.3, -0.25) is 4.79 Å². The van der Waals surface area contributed by atoms with Crippen molar-refractivity contribution in [1.29, 1.82) is 0 Å². The third-order valence-electron chi connectivity index (χ3n) is 3.97. The number of nitrogens with two attached hydrogens (primary N) is 1. The van der Waals surface area contributed by atoms with E-state index in [0.29, 0.717) is 42.3 Å². The second kappa shape index (κ2) is 8.32. The quantitative estimate of drug-likeness (QED) is 0.572. The van der Waals surface area contributed by atoms with E-state index in [1.54, 1.807) is 18.3 Å². The molecule has 2 aromatic rings. The first kappa shape index (κ1) is 19.1. The van der Waals surface area contributed by atoms with Crippen molar-refractivity contribution in [2.45, 2.75) is 13.0 Å². The number of rotatable bonds is 5. The number of nitrogens with zero attached hydrogens (tertiary/aromatic N) is 1. The fourth-order valence-corrected chi connectivity index (χ4v) is 3.17. The van der Waals surface area contributed by atoms with Crippen LogP contribution in [0.1, 0.15) is 12.0 Å². The average molecular weight is 406 g/mol. The highest BCUT2D eigenvalue weighted by molar-refractivity contribution is 7.81. The van der Waals surface area contributed by atoms with Crippen molar-refractivity contribution in [2.24, 2.45) is 0 Å². The van der Waals surface area contributed by atoms with Gasteiger partial charge in [0.2, 0.25) is 0 Å². The van der Waals surface area contributed by atoms with Crippen molar-refractivity contribution < 1.29 is 9.18 Å². The molecule has 6 nitrogen and oxygen atoms in total. The molecule has 140 valence electrons. The van der Waals surface area contributed by atoms with Crippen LogP contribution >= 0.6 is 23.8 Å². The third-order valence-corrected chi connectivity index (χ3v) is 4.66. The highest BCUT2D eigenvalue weighted by atomic mass is 35.5. The second-order valence-corrected chi connectivity index (χ2v) is 6.64. The second-order valence-electron chi connectivity index (χ2n) is 5.86. The number of hydrogen-bond acceptors (Lipinski definition) is 5. The van der Waals surface area contributed by atoms with Gasteiger partial charge in [-0.2, -0.15) is 0 Å². The van der Waals surface area contributed by atoms with Crippen LogP contribution in [0.15, 0.2) is 47.8 Å². The Balaban J connectivity index is 1.82. The van der Waals surface area contributed by atoms with Crippen molar-refractivity contribution in [3.05, 3.63) is 64.2 Å². The first-order chi connectivity index (χ1) is 13.0. The summed E-state index contributed by atoms with van der Waals surface area (Å²) in [4.78, 5) is 16.5. The van der Waals surface area contributed by atoms with Crippen molar-refractivity contribution in [2.75, 3.05) is 17.6 Å².